The molecule has 3 aliphatic heterocycles. The van der Waals surface area contributed by atoms with E-state index in [2.05, 4.69) is 4.90 Å². The summed E-state index contributed by atoms with van der Waals surface area (Å²) in [5.41, 5.74) is 1.85. The third-order valence-electron chi connectivity index (χ3n) is 7.54. The molecule has 2 aromatic carbocycles. The molecule has 182 valence electrons. The van der Waals surface area contributed by atoms with Crippen LogP contribution in [0.1, 0.15) is 43.1 Å². The highest BCUT2D eigenvalue weighted by atomic mass is 32.2. The van der Waals surface area contributed by atoms with Gasteiger partial charge in [-0.1, -0.05) is 36.4 Å². The average Bonchev–Trinajstić information content (AvgIpc) is 2.79. The standard InChI is InChI=1S/C25H30FN3O4S/c1-16-8-11-24(18-6-4-3-5-7-18)34(32,33)29(16)13-19-9-10-20(12-21(19)26)27-14-23-22(27)15-28(23)25(31)17(2)30/h3-7,9-10,12,16-17,22-24,30H,8,11,13-15H2,1-2H3/t16-,17-,22?,23-,24?/m0/s1. The molecule has 3 saturated heterocycles. The summed E-state index contributed by atoms with van der Waals surface area (Å²) in [6.07, 6.45) is 0.260. The van der Waals surface area contributed by atoms with Gasteiger partial charge in [0, 0.05) is 36.9 Å². The monoisotopic (exact) mass is 487 g/mol. The molecule has 34 heavy (non-hydrogen) atoms. The number of likely N-dealkylation sites (tertiary alicyclic amines) is 1. The molecule has 0 aromatic heterocycles. The van der Waals surface area contributed by atoms with Gasteiger partial charge >= 0.3 is 0 Å². The van der Waals surface area contributed by atoms with Crippen LogP contribution in [0.2, 0.25) is 0 Å². The predicted molar refractivity (Wildman–Crippen MR) is 127 cm³/mol. The quantitative estimate of drug-likeness (QED) is 0.702. The van der Waals surface area contributed by atoms with Gasteiger partial charge in [-0.2, -0.15) is 4.31 Å². The second kappa shape index (κ2) is 8.62. The first-order valence-corrected chi connectivity index (χ1v) is 13.3. The Labute approximate surface area is 199 Å². The smallest absolute Gasteiger partial charge is 0.251 e. The third kappa shape index (κ3) is 3.79. The molecule has 3 fully saturated rings. The maximum absolute atomic E-state index is 15.1. The van der Waals surface area contributed by atoms with Crippen molar-refractivity contribution in [2.45, 2.75) is 62.7 Å². The number of hydrogen-bond donors (Lipinski definition) is 1. The molecule has 0 aliphatic carbocycles. The van der Waals surface area contributed by atoms with E-state index in [0.29, 0.717) is 25.1 Å². The van der Waals surface area contributed by atoms with Crippen LogP contribution in [0.15, 0.2) is 48.5 Å². The summed E-state index contributed by atoms with van der Waals surface area (Å²) in [7, 11) is -3.63. The number of amides is 1. The van der Waals surface area contributed by atoms with Crippen molar-refractivity contribution in [3.8, 4) is 0 Å². The average molecular weight is 488 g/mol. The van der Waals surface area contributed by atoms with Gasteiger partial charge in [0.25, 0.3) is 5.91 Å². The first-order chi connectivity index (χ1) is 16.2. The fraction of sp³-hybridized carbons (Fsp3) is 0.480. The van der Waals surface area contributed by atoms with Gasteiger partial charge in [-0.25, -0.2) is 12.8 Å². The Morgan fingerprint density at radius 3 is 2.47 bits per heavy atom. The number of fused-ring (bicyclic) bond motifs is 1. The van der Waals surface area contributed by atoms with Gasteiger partial charge in [-0.15, -0.1) is 0 Å². The fourth-order valence-electron chi connectivity index (χ4n) is 5.41. The van der Waals surface area contributed by atoms with Crippen LogP contribution in [-0.4, -0.2) is 66.0 Å². The lowest BCUT2D eigenvalue weighted by atomic mass is 9.84. The van der Waals surface area contributed by atoms with E-state index in [1.807, 2.05) is 43.3 Å². The number of halogens is 1. The van der Waals surface area contributed by atoms with Gasteiger partial charge in [0.15, 0.2) is 0 Å². The second-order valence-corrected chi connectivity index (χ2v) is 11.7. The van der Waals surface area contributed by atoms with Crippen LogP contribution in [0.3, 0.4) is 0 Å². The van der Waals surface area contributed by atoms with Crippen molar-refractivity contribution in [2.24, 2.45) is 0 Å². The number of hydrogen-bond acceptors (Lipinski definition) is 5. The molecule has 5 atom stereocenters. The van der Waals surface area contributed by atoms with Gasteiger partial charge in [-0.3, -0.25) is 4.79 Å². The largest absolute Gasteiger partial charge is 0.384 e. The van der Waals surface area contributed by atoms with Gasteiger partial charge in [0.2, 0.25) is 10.0 Å². The zero-order valence-electron chi connectivity index (χ0n) is 19.3. The van der Waals surface area contributed by atoms with Crippen LogP contribution in [0.4, 0.5) is 10.1 Å². The number of carbonyl (C=O) groups is 1. The van der Waals surface area contributed by atoms with E-state index in [0.717, 1.165) is 17.7 Å². The summed E-state index contributed by atoms with van der Waals surface area (Å²) < 4.78 is 43.4. The molecule has 3 aliphatic rings. The molecule has 0 spiro atoms. The Kier molecular flexibility index (Phi) is 5.90. The van der Waals surface area contributed by atoms with E-state index in [4.69, 9.17) is 0 Å². The lowest BCUT2D eigenvalue weighted by Crippen LogP contribution is -2.80. The van der Waals surface area contributed by atoms with E-state index < -0.39 is 27.2 Å². The minimum atomic E-state index is -3.63. The van der Waals surface area contributed by atoms with E-state index in [1.54, 1.807) is 11.0 Å². The summed E-state index contributed by atoms with van der Waals surface area (Å²) in [6.45, 7) is 4.45. The molecule has 0 radical (unpaired) electrons. The highest BCUT2D eigenvalue weighted by Gasteiger charge is 2.54. The number of benzene rings is 2. The Morgan fingerprint density at radius 1 is 1.12 bits per heavy atom. The van der Waals surface area contributed by atoms with Crippen LogP contribution < -0.4 is 4.90 Å². The topological polar surface area (TPSA) is 81.2 Å². The number of carbonyl (C=O) groups excluding carboxylic acids is 1. The highest BCUT2D eigenvalue weighted by Crippen LogP contribution is 2.40. The zero-order chi connectivity index (χ0) is 24.2. The Hall–Kier alpha value is -2.49. The lowest BCUT2D eigenvalue weighted by Gasteiger charge is -2.62. The summed E-state index contributed by atoms with van der Waals surface area (Å²) in [5.74, 6) is -0.700. The molecular formula is C25H30FN3O4S. The van der Waals surface area contributed by atoms with Gasteiger partial charge in [0.1, 0.15) is 17.2 Å². The molecule has 9 heteroatoms. The minimum Gasteiger partial charge on any atom is -0.384 e. The SMILES string of the molecule is C[C@H](O)C(=O)N1CC2[C@@H]1CN2c1ccc(CN2[C@@H](C)CCC(c3ccccc3)S2(=O)=O)c(F)c1. The number of rotatable bonds is 5. The highest BCUT2D eigenvalue weighted by molar-refractivity contribution is 7.89. The van der Waals surface area contributed by atoms with E-state index >= 15 is 4.39 Å². The summed E-state index contributed by atoms with van der Waals surface area (Å²) in [6, 6.07) is 14.1. The predicted octanol–water partition coefficient (Wildman–Crippen LogP) is 2.66. The van der Waals surface area contributed by atoms with Crippen LogP contribution in [-0.2, 0) is 21.4 Å². The summed E-state index contributed by atoms with van der Waals surface area (Å²) in [5, 5.41) is 8.89. The van der Waals surface area contributed by atoms with Crippen molar-refractivity contribution in [1.82, 2.24) is 9.21 Å². The van der Waals surface area contributed by atoms with Gasteiger partial charge in [0.05, 0.1) is 12.1 Å². The van der Waals surface area contributed by atoms with Crippen LogP contribution in [0, 0.1) is 5.82 Å². The Balaban J connectivity index is 1.30. The molecule has 0 saturated carbocycles. The van der Waals surface area contributed by atoms with E-state index in [9.17, 15) is 18.3 Å². The van der Waals surface area contributed by atoms with Crippen molar-refractivity contribution >= 4 is 21.6 Å². The lowest BCUT2D eigenvalue weighted by molar-refractivity contribution is -0.152. The Morgan fingerprint density at radius 2 is 1.85 bits per heavy atom. The number of sulfonamides is 1. The maximum Gasteiger partial charge on any atom is 0.251 e. The second-order valence-electron chi connectivity index (χ2n) is 9.65. The van der Waals surface area contributed by atoms with Crippen molar-refractivity contribution < 1.29 is 22.7 Å². The number of anilines is 1. The normalized spacial score (nSPS) is 29.1. The van der Waals surface area contributed by atoms with Crippen LogP contribution in [0.5, 0.6) is 0 Å². The number of nitrogens with zero attached hydrogens (tertiary/aromatic N) is 3. The van der Waals surface area contributed by atoms with Gasteiger partial charge < -0.3 is 14.9 Å². The summed E-state index contributed by atoms with van der Waals surface area (Å²) >= 11 is 0. The number of piperazine rings is 1. The molecule has 1 N–H and O–H groups in total. The molecule has 3 heterocycles. The first kappa shape index (κ1) is 23.3. The van der Waals surface area contributed by atoms with Crippen LogP contribution in [0.25, 0.3) is 0 Å². The van der Waals surface area contributed by atoms with E-state index in [1.165, 1.54) is 17.3 Å². The molecule has 0 bridgehead atoms. The van der Waals surface area contributed by atoms with Crippen molar-refractivity contribution in [2.75, 3.05) is 18.0 Å². The van der Waals surface area contributed by atoms with Crippen LogP contribution >= 0.6 is 0 Å². The molecule has 2 unspecified atom stereocenters. The minimum absolute atomic E-state index is 0.00166. The van der Waals surface area contributed by atoms with Crippen molar-refractivity contribution in [1.29, 1.82) is 0 Å². The molecule has 7 nitrogen and oxygen atoms in total. The third-order valence-corrected chi connectivity index (χ3v) is 9.91. The molecule has 5 rings (SSSR count). The van der Waals surface area contributed by atoms with Gasteiger partial charge in [-0.05, 0) is 44.4 Å². The Bertz CT molecular complexity index is 1190. The fourth-order valence-corrected chi connectivity index (χ4v) is 7.59. The molecular weight excluding hydrogens is 457 g/mol. The molecule has 2 aromatic rings. The zero-order valence-corrected chi connectivity index (χ0v) is 20.2. The maximum atomic E-state index is 15.1. The van der Waals surface area contributed by atoms with Crippen molar-refractivity contribution in [3.05, 3.63) is 65.5 Å². The molecule has 1 amide bonds. The van der Waals surface area contributed by atoms with Crippen molar-refractivity contribution in [3.63, 3.8) is 0 Å². The number of aliphatic hydroxyl groups is 1. The summed E-state index contributed by atoms with van der Waals surface area (Å²) in [4.78, 5) is 15.7. The van der Waals surface area contributed by atoms with E-state index in [-0.39, 0.29) is 30.6 Å². The first-order valence-electron chi connectivity index (χ1n) is 11.8. The number of aliphatic hydroxyl groups excluding tert-OH is 1.